The molecule has 0 spiro atoms. The number of aldehydes is 1. The maximum atomic E-state index is 11.6. The fourth-order valence-corrected chi connectivity index (χ4v) is 2.36. The molecule has 1 aromatic heterocycles. The molecule has 0 bridgehead atoms. The van der Waals surface area contributed by atoms with E-state index in [0.29, 0.717) is 24.3 Å². The van der Waals surface area contributed by atoms with Crippen molar-refractivity contribution in [2.45, 2.75) is 39.2 Å². The predicted octanol–water partition coefficient (Wildman–Crippen LogP) is 2.30. The number of hydrogen-bond donors (Lipinski definition) is 1. The molecule has 0 saturated heterocycles. The van der Waals surface area contributed by atoms with Crippen LogP contribution in [0, 0.1) is 6.92 Å². The number of nitrogens with zero attached hydrogens (tertiary/aromatic N) is 1. The normalized spacial score (nSPS) is 10.5. The molecular weight excluding hydrogens is 308 g/mol. The highest BCUT2D eigenvalue weighted by molar-refractivity contribution is 5.74. The first-order valence-corrected chi connectivity index (χ1v) is 8.08. The molecule has 0 saturated carbocycles. The van der Waals surface area contributed by atoms with Crippen molar-refractivity contribution in [2.75, 3.05) is 6.61 Å². The van der Waals surface area contributed by atoms with Gasteiger partial charge in [-0.3, -0.25) is 14.6 Å². The Morgan fingerprint density at radius 3 is 2.50 bits per heavy atom. The lowest BCUT2D eigenvalue weighted by Crippen LogP contribution is -2.30. The van der Waals surface area contributed by atoms with Crippen LogP contribution in [-0.2, 0) is 6.54 Å². The minimum Gasteiger partial charge on any atom is -0.494 e. The van der Waals surface area contributed by atoms with Gasteiger partial charge in [0, 0.05) is 23.9 Å². The van der Waals surface area contributed by atoms with E-state index >= 15 is 0 Å². The summed E-state index contributed by atoms with van der Waals surface area (Å²) in [5.74, 6) is 0.760. The summed E-state index contributed by atoms with van der Waals surface area (Å²) in [6.45, 7) is 2.91. The summed E-state index contributed by atoms with van der Waals surface area (Å²) in [6, 6.07) is 7.03. The zero-order chi connectivity index (χ0) is 17.4. The van der Waals surface area contributed by atoms with Crippen molar-refractivity contribution < 1.29 is 9.53 Å². The molecule has 0 fully saturated rings. The monoisotopic (exact) mass is 330 g/mol. The second-order valence-electron chi connectivity index (χ2n) is 5.71. The van der Waals surface area contributed by atoms with Gasteiger partial charge in [0.25, 0.3) is 5.56 Å². The molecule has 1 aromatic carbocycles. The molecule has 2 aromatic rings. The minimum absolute atomic E-state index is 0.324. The molecule has 0 radical (unpaired) electrons. The molecule has 24 heavy (non-hydrogen) atoms. The van der Waals surface area contributed by atoms with Gasteiger partial charge in [-0.1, -0.05) is 12.8 Å². The third kappa shape index (κ3) is 5.22. The molecule has 0 unspecified atom stereocenters. The van der Waals surface area contributed by atoms with Crippen LogP contribution in [0.3, 0.4) is 0 Å². The van der Waals surface area contributed by atoms with E-state index in [9.17, 15) is 14.4 Å². The van der Waals surface area contributed by atoms with Crippen molar-refractivity contribution in [2.24, 2.45) is 0 Å². The first-order chi connectivity index (χ1) is 11.6. The van der Waals surface area contributed by atoms with E-state index in [4.69, 9.17) is 4.74 Å². The Bertz CT molecular complexity index is 775. The van der Waals surface area contributed by atoms with E-state index in [0.717, 1.165) is 37.7 Å². The summed E-state index contributed by atoms with van der Waals surface area (Å²) in [7, 11) is 0. The van der Waals surface area contributed by atoms with Gasteiger partial charge in [0.15, 0.2) is 0 Å². The maximum absolute atomic E-state index is 11.6. The highest BCUT2D eigenvalue weighted by Crippen LogP contribution is 2.12. The Labute approximate surface area is 140 Å². The number of rotatable bonds is 9. The van der Waals surface area contributed by atoms with Crippen LogP contribution in [0.15, 0.2) is 40.1 Å². The van der Waals surface area contributed by atoms with Gasteiger partial charge in [0.2, 0.25) is 0 Å². The molecule has 2 rings (SSSR count). The van der Waals surface area contributed by atoms with Crippen molar-refractivity contribution >= 4 is 6.29 Å². The number of benzene rings is 1. The van der Waals surface area contributed by atoms with Gasteiger partial charge in [0.05, 0.1) is 6.61 Å². The zero-order valence-corrected chi connectivity index (χ0v) is 13.8. The standard InChI is InChI=1S/C18H22N2O4/c1-14-12-20(18(23)19-17(14)22)10-4-2-3-5-11-24-16-8-6-15(13-21)7-9-16/h6-9,12-13H,2-5,10-11H2,1H3,(H,19,22,23). The Morgan fingerprint density at radius 2 is 1.79 bits per heavy atom. The molecule has 0 aliphatic carbocycles. The van der Waals surface area contributed by atoms with Crippen molar-refractivity contribution in [3.63, 3.8) is 0 Å². The number of aromatic amines is 1. The van der Waals surface area contributed by atoms with Gasteiger partial charge in [-0.15, -0.1) is 0 Å². The molecule has 1 heterocycles. The average Bonchev–Trinajstić information content (AvgIpc) is 2.59. The largest absolute Gasteiger partial charge is 0.494 e. The fourth-order valence-electron chi connectivity index (χ4n) is 2.36. The third-order valence-electron chi connectivity index (χ3n) is 3.77. The summed E-state index contributed by atoms with van der Waals surface area (Å²) in [5.41, 5.74) is 0.501. The van der Waals surface area contributed by atoms with Crippen LogP contribution in [0.2, 0.25) is 0 Å². The highest BCUT2D eigenvalue weighted by atomic mass is 16.5. The van der Waals surface area contributed by atoms with Gasteiger partial charge in [-0.25, -0.2) is 4.79 Å². The predicted molar refractivity (Wildman–Crippen MR) is 91.9 cm³/mol. The van der Waals surface area contributed by atoms with Crippen LogP contribution >= 0.6 is 0 Å². The Hall–Kier alpha value is -2.63. The molecule has 6 heteroatoms. The van der Waals surface area contributed by atoms with Crippen LogP contribution in [0.1, 0.15) is 41.6 Å². The highest BCUT2D eigenvalue weighted by Gasteiger charge is 2.00. The van der Waals surface area contributed by atoms with Crippen LogP contribution in [0.25, 0.3) is 0 Å². The molecule has 6 nitrogen and oxygen atoms in total. The van der Waals surface area contributed by atoms with Crippen molar-refractivity contribution in [1.82, 2.24) is 9.55 Å². The lowest BCUT2D eigenvalue weighted by atomic mass is 10.2. The van der Waals surface area contributed by atoms with E-state index in [2.05, 4.69) is 4.98 Å². The molecule has 0 atom stereocenters. The summed E-state index contributed by atoms with van der Waals surface area (Å²) < 4.78 is 7.15. The van der Waals surface area contributed by atoms with Crippen LogP contribution in [0.4, 0.5) is 0 Å². The van der Waals surface area contributed by atoms with Crippen LogP contribution in [-0.4, -0.2) is 22.4 Å². The van der Waals surface area contributed by atoms with E-state index in [1.54, 1.807) is 42.0 Å². The number of carbonyl (C=O) groups is 1. The maximum Gasteiger partial charge on any atom is 0.328 e. The molecular formula is C18H22N2O4. The fraction of sp³-hybridized carbons (Fsp3) is 0.389. The van der Waals surface area contributed by atoms with Crippen LogP contribution in [0.5, 0.6) is 5.75 Å². The Kier molecular flexibility index (Phi) is 6.54. The quantitative estimate of drug-likeness (QED) is 0.565. The van der Waals surface area contributed by atoms with Crippen molar-refractivity contribution in [1.29, 1.82) is 0 Å². The van der Waals surface area contributed by atoms with E-state index < -0.39 is 0 Å². The number of aryl methyl sites for hydroxylation is 2. The summed E-state index contributed by atoms with van der Waals surface area (Å²) in [4.78, 5) is 35.8. The number of hydrogen-bond acceptors (Lipinski definition) is 4. The SMILES string of the molecule is Cc1cn(CCCCCCOc2ccc(C=O)cc2)c(=O)[nH]c1=O. The van der Waals surface area contributed by atoms with Gasteiger partial charge < -0.3 is 9.30 Å². The minimum atomic E-state index is -0.354. The number of H-pyrrole nitrogens is 1. The molecule has 128 valence electrons. The Morgan fingerprint density at radius 1 is 1.08 bits per heavy atom. The third-order valence-corrected chi connectivity index (χ3v) is 3.77. The molecule has 0 aliphatic rings. The number of unbranched alkanes of at least 4 members (excludes halogenated alkanes) is 3. The van der Waals surface area contributed by atoms with Gasteiger partial charge in [0.1, 0.15) is 12.0 Å². The average molecular weight is 330 g/mol. The second-order valence-corrected chi connectivity index (χ2v) is 5.71. The topological polar surface area (TPSA) is 81.2 Å². The molecule has 1 N–H and O–H groups in total. The van der Waals surface area contributed by atoms with Gasteiger partial charge in [-0.2, -0.15) is 0 Å². The lowest BCUT2D eigenvalue weighted by Gasteiger charge is -2.07. The smallest absolute Gasteiger partial charge is 0.328 e. The van der Waals surface area contributed by atoms with E-state index in [1.165, 1.54) is 0 Å². The summed E-state index contributed by atoms with van der Waals surface area (Å²) in [6.07, 6.45) is 6.20. The molecule has 0 amide bonds. The molecule has 0 aliphatic heterocycles. The summed E-state index contributed by atoms with van der Waals surface area (Å²) >= 11 is 0. The first-order valence-electron chi connectivity index (χ1n) is 8.08. The van der Waals surface area contributed by atoms with Crippen molar-refractivity contribution in [3.8, 4) is 5.75 Å². The van der Waals surface area contributed by atoms with Crippen LogP contribution < -0.4 is 16.0 Å². The number of carbonyl (C=O) groups excluding carboxylic acids is 1. The number of aromatic nitrogens is 2. The zero-order valence-electron chi connectivity index (χ0n) is 13.8. The summed E-state index contributed by atoms with van der Waals surface area (Å²) in [5, 5.41) is 0. The lowest BCUT2D eigenvalue weighted by molar-refractivity contribution is 0.112. The van der Waals surface area contributed by atoms with E-state index in [1.807, 2.05) is 0 Å². The van der Waals surface area contributed by atoms with Crippen molar-refractivity contribution in [3.05, 3.63) is 62.4 Å². The number of ether oxygens (including phenoxy) is 1. The first kappa shape index (κ1) is 17.7. The number of nitrogens with one attached hydrogen (secondary N) is 1. The van der Waals surface area contributed by atoms with E-state index in [-0.39, 0.29) is 11.2 Å². The second kappa shape index (κ2) is 8.86. The Balaban J connectivity index is 1.63. The van der Waals surface area contributed by atoms with Gasteiger partial charge in [-0.05, 0) is 44.0 Å². The van der Waals surface area contributed by atoms with Gasteiger partial charge >= 0.3 is 5.69 Å².